The number of aromatic nitrogens is 2. The molecule has 114 valence electrons. The van der Waals surface area contributed by atoms with E-state index in [2.05, 4.69) is 64.6 Å². The van der Waals surface area contributed by atoms with E-state index in [1.54, 1.807) is 6.20 Å². The van der Waals surface area contributed by atoms with Crippen LogP contribution in [0.3, 0.4) is 0 Å². The van der Waals surface area contributed by atoms with Crippen LogP contribution in [0, 0.1) is 0 Å². The molecule has 4 aromatic rings. The largest absolute Gasteiger partial charge is 0.256 e. The number of pyridine rings is 2. The lowest BCUT2D eigenvalue weighted by atomic mass is 10.0. The zero-order chi connectivity index (χ0) is 16.2. The summed E-state index contributed by atoms with van der Waals surface area (Å²) in [5, 5.41) is 0. The smallest absolute Gasteiger partial charge is 0.0717 e. The molecule has 2 nitrogen and oxygen atoms in total. The lowest BCUT2D eigenvalue weighted by molar-refractivity contribution is 1.28. The third-order valence-electron chi connectivity index (χ3n) is 3.99. The van der Waals surface area contributed by atoms with Crippen molar-refractivity contribution in [2.24, 2.45) is 0 Å². The number of nitrogens with zero attached hydrogens (tertiary/aromatic N) is 2. The van der Waals surface area contributed by atoms with Crippen molar-refractivity contribution >= 4 is 0 Å². The van der Waals surface area contributed by atoms with Crippen molar-refractivity contribution in [2.45, 2.75) is 0 Å². The van der Waals surface area contributed by atoms with Gasteiger partial charge in [0.1, 0.15) is 0 Å². The monoisotopic (exact) mass is 308 g/mol. The number of hydrogen-bond acceptors (Lipinski definition) is 2. The first-order chi connectivity index (χ1) is 11.9. The Morgan fingerprint density at radius 1 is 0.458 bits per heavy atom. The maximum absolute atomic E-state index is 4.62. The highest BCUT2D eigenvalue weighted by Gasteiger charge is 2.04. The summed E-state index contributed by atoms with van der Waals surface area (Å²) in [6.45, 7) is 0. The van der Waals surface area contributed by atoms with Gasteiger partial charge in [-0.1, -0.05) is 54.6 Å². The van der Waals surface area contributed by atoms with Crippen LogP contribution in [0.15, 0.2) is 97.3 Å². The fourth-order valence-electron chi connectivity index (χ4n) is 2.74. The average molecular weight is 308 g/mol. The molecule has 0 aliphatic rings. The van der Waals surface area contributed by atoms with E-state index in [0.29, 0.717) is 0 Å². The lowest BCUT2D eigenvalue weighted by Gasteiger charge is -2.06. The van der Waals surface area contributed by atoms with Gasteiger partial charge in [0.05, 0.1) is 11.4 Å². The average Bonchev–Trinajstić information content (AvgIpc) is 2.70. The third-order valence-corrected chi connectivity index (χ3v) is 3.99. The highest BCUT2D eigenvalue weighted by Crippen LogP contribution is 2.26. The van der Waals surface area contributed by atoms with Crippen LogP contribution in [0.4, 0.5) is 0 Å². The van der Waals surface area contributed by atoms with Gasteiger partial charge in [0, 0.05) is 23.5 Å². The minimum absolute atomic E-state index is 0.939. The van der Waals surface area contributed by atoms with Crippen LogP contribution < -0.4 is 0 Å². The molecule has 0 radical (unpaired) electrons. The minimum atomic E-state index is 0.939. The summed E-state index contributed by atoms with van der Waals surface area (Å²) in [4.78, 5) is 8.99. The van der Waals surface area contributed by atoms with E-state index in [0.717, 1.165) is 22.5 Å². The van der Waals surface area contributed by atoms with Gasteiger partial charge in [-0.2, -0.15) is 0 Å². The maximum atomic E-state index is 4.62. The van der Waals surface area contributed by atoms with Crippen LogP contribution in [0.25, 0.3) is 33.6 Å². The zero-order valence-electron chi connectivity index (χ0n) is 13.1. The van der Waals surface area contributed by atoms with E-state index in [1.165, 1.54) is 11.1 Å². The fraction of sp³-hybridized carbons (Fsp3) is 0. The molecule has 0 saturated carbocycles. The topological polar surface area (TPSA) is 25.8 Å². The molecule has 2 heterocycles. The van der Waals surface area contributed by atoms with Crippen LogP contribution in [0.5, 0.6) is 0 Å². The lowest BCUT2D eigenvalue weighted by Crippen LogP contribution is -1.87. The number of hydrogen-bond donors (Lipinski definition) is 0. The van der Waals surface area contributed by atoms with Gasteiger partial charge in [-0.05, 0) is 41.5 Å². The molecular formula is C22H16N2. The van der Waals surface area contributed by atoms with Crippen LogP contribution >= 0.6 is 0 Å². The quantitative estimate of drug-likeness (QED) is 0.501. The van der Waals surface area contributed by atoms with Crippen molar-refractivity contribution in [3.8, 4) is 33.6 Å². The van der Waals surface area contributed by atoms with Gasteiger partial charge in [-0.15, -0.1) is 0 Å². The van der Waals surface area contributed by atoms with E-state index in [1.807, 2.05) is 36.5 Å². The highest BCUT2D eigenvalue weighted by molar-refractivity contribution is 5.72. The Bertz CT molecular complexity index is 930. The molecule has 2 aromatic carbocycles. The molecule has 24 heavy (non-hydrogen) atoms. The molecule has 2 aromatic heterocycles. The Morgan fingerprint density at radius 2 is 1.21 bits per heavy atom. The van der Waals surface area contributed by atoms with Crippen LogP contribution in [0.2, 0.25) is 0 Å². The van der Waals surface area contributed by atoms with E-state index in [-0.39, 0.29) is 0 Å². The summed E-state index contributed by atoms with van der Waals surface area (Å²) < 4.78 is 0. The van der Waals surface area contributed by atoms with Crippen molar-refractivity contribution in [3.05, 3.63) is 97.3 Å². The number of benzene rings is 2. The molecule has 0 fully saturated rings. The molecule has 0 N–H and O–H groups in total. The number of rotatable bonds is 3. The summed E-state index contributed by atoms with van der Waals surface area (Å²) in [6, 6.07) is 28.9. The van der Waals surface area contributed by atoms with Gasteiger partial charge in [0.25, 0.3) is 0 Å². The van der Waals surface area contributed by atoms with Crippen LogP contribution in [-0.4, -0.2) is 9.97 Å². The van der Waals surface area contributed by atoms with Gasteiger partial charge in [-0.25, -0.2) is 0 Å². The molecule has 0 unspecified atom stereocenters. The summed E-state index contributed by atoms with van der Waals surface area (Å²) in [6.07, 6.45) is 3.68. The second-order valence-corrected chi connectivity index (χ2v) is 5.59. The first kappa shape index (κ1) is 14.3. The molecule has 0 spiro atoms. The van der Waals surface area contributed by atoms with Gasteiger partial charge in [0.2, 0.25) is 0 Å². The van der Waals surface area contributed by atoms with Crippen molar-refractivity contribution < 1.29 is 0 Å². The molecule has 0 aliphatic carbocycles. The highest BCUT2D eigenvalue weighted by atomic mass is 14.7. The Balaban J connectivity index is 1.67. The van der Waals surface area contributed by atoms with E-state index >= 15 is 0 Å². The molecular weight excluding hydrogens is 292 g/mol. The van der Waals surface area contributed by atoms with Crippen molar-refractivity contribution in [3.63, 3.8) is 0 Å². The maximum Gasteiger partial charge on any atom is 0.0717 e. The second kappa shape index (κ2) is 6.47. The Kier molecular flexibility index (Phi) is 3.86. The standard InChI is InChI=1S/C22H16N2/c1-2-7-17(8-3-1)18-9-6-10-19(15-18)22-13-12-20(16-24-22)21-11-4-5-14-23-21/h1-16H. The third kappa shape index (κ3) is 2.95. The van der Waals surface area contributed by atoms with Gasteiger partial charge in [0.15, 0.2) is 0 Å². The minimum Gasteiger partial charge on any atom is -0.256 e. The first-order valence-electron chi connectivity index (χ1n) is 7.93. The molecule has 0 amide bonds. The molecule has 2 heteroatoms. The van der Waals surface area contributed by atoms with Gasteiger partial charge in [-0.3, -0.25) is 9.97 Å². The van der Waals surface area contributed by atoms with E-state index in [4.69, 9.17) is 0 Å². The summed E-state index contributed by atoms with van der Waals surface area (Å²) in [5.74, 6) is 0. The van der Waals surface area contributed by atoms with Crippen molar-refractivity contribution in [1.29, 1.82) is 0 Å². The van der Waals surface area contributed by atoms with E-state index in [9.17, 15) is 0 Å². The molecule has 0 atom stereocenters. The van der Waals surface area contributed by atoms with Crippen molar-refractivity contribution in [2.75, 3.05) is 0 Å². The molecule has 4 rings (SSSR count). The Morgan fingerprint density at radius 3 is 1.96 bits per heavy atom. The first-order valence-corrected chi connectivity index (χ1v) is 7.93. The van der Waals surface area contributed by atoms with E-state index < -0.39 is 0 Å². The summed E-state index contributed by atoms with van der Waals surface area (Å²) in [5.41, 5.74) is 6.46. The fourth-order valence-corrected chi connectivity index (χ4v) is 2.74. The van der Waals surface area contributed by atoms with Crippen LogP contribution in [-0.2, 0) is 0 Å². The predicted molar refractivity (Wildman–Crippen MR) is 98.3 cm³/mol. The SMILES string of the molecule is c1ccc(-c2cccc(-c3ccc(-c4ccccn4)cn3)c2)cc1. The summed E-state index contributed by atoms with van der Waals surface area (Å²) >= 11 is 0. The Hall–Kier alpha value is -3.26. The van der Waals surface area contributed by atoms with Gasteiger partial charge < -0.3 is 0 Å². The molecule has 0 saturated heterocycles. The Labute approximate surface area is 141 Å². The molecule has 0 aliphatic heterocycles. The normalized spacial score (nSPS) is 10.5. The second-order valence-electron chi connectivity index (χ2n) is 5.59. The summed E-state index contributed by atoms with van der Waals surface area (Å²) in [7, 11) is 0. The van der Waals surface area contributed by atoms with Gasteiger partial charge >= 0.3 is 0 Å². The zero-order valence-corrected chi connectivity index (χ0v) is 13.1. The molecule has 0 bridgehead atoms. The predicted octanol–water partition coefficient (Wildman–Crippen LogP) is 5.48. The van der Waals surface area contributed by atoms with Crippen molar-refractivity contribution in [1.82, 2.24) is 9.97 Å². The van der Waals surface area contributed by atoms with Crippen LogP contribution in [0.1, 0.15) is 0 Å².